The highest BCUT2D eigenvalue weighted by molar-refractivity contribution is 5.69. The van der Waals surface area contributed by atoms with Crippen LogP contribution in [-0.2, 0) is 4.74 Å². The van der Waals surface area contributed by atoms with Crippen LogP contribution in [-0.4, -0.2) is 41.9 Å². The summed E-state index contributed by atoms with van der Waals surface area (Å²) >= 11 is 0. The summed E-state index contributed by atoms with van der Waals surface area (Å²) in [6.45, 7) is 8.93. The predicted molar refractivity (Wildman–Crippen MR) is 91.2 cm³/mol. The number of nitrogens with zero attached hydrogens (tertiary/aromatic N) is 2. The van der Waals surface area contributed by atoms with Crippen molar-refractivity contribution in [3.63, 3.8) is 0 Å². The van der Waals surface area contributed by atoms with E-state index >= 15 is 0 Å². The molecule has 1 aliphatic rings. The Labute approximate surface area is 137 Å². The van der Waals surface area contributed by atoms with Crippen molar-refractivity contribution in [2.24, 2.45) is 11.7 Å². The van der Waals surface area contributed by atoms with Crippen LogP contribution < -0.4 is 21.7 Å². The number of nitrogens with two attached hydrogens (primary N) is 2. The van der Waals surface area contributed by atoms with Gasteiger partial charge >= 0.3 is 6.09 Å². The molecule has 1 aromatic rings. The highest BCUT2D eigenvalue weighted by atomic mass is 16.6. The summed E-state index contributed by atoms with van der Waals surface area (Å²) in [7, 11) is 0. The van der Waals surface area contributed by atoms with Crippen LogP contribution in [0.1, 0.15) is 27.7 Å². The normalized spacial score (nSPS) is 25.1. The standard InChI is InChI=1S/C16H27N5O2/c1-10-8-21(13-5-6-19-7-11(13)17)9-12(14(10)18)20-15(22)23-16(2,3)4/h5-7,10,12,14H,8-9,17-18H2,1-4H3,(H,20,22). The first-order chi connectivity index (χ1) is 10.7. The first kappa shape index (κ1) is 17.3. The van der Waals surface area contributed by atoms with Crippen LogP contribution >= 0.6 is 0 Å². The molecule has 7 nitrogen and oxygen atoms in total. The summed E-state index contributed by atoms with van der Waals surface area (Å²) in [6, 6.07) is 1.53. The smallest absolute Gasteiger partial charge is 0.407 e. The summed E-state index contributed by atoms with van der Waals surface area (Å²) in [5.74, 6) is 0.205. The number of nitrogen functional groups attached to an aromatic ring is 1. The molecular formula is C16H27N5O2. The Kier molecular flexibility index (Phi) is 4.99. The van der Waals surface area contributed by atoms with Gasteiger partial charge in [0.25, 0.3) is 0 Å². The van der Waals surface area contributed by atoms with E-state index in [1.54, 1.807) is 12.4 Å². The Morgan fingerprint density at radius 2 is 2.13 bits per heavy atom. The summed E-state index contributed by atoms with van der Waals surface area (Å²) in [5.41, 5.74) is 13.3. The third kappa shape index (κ3) is 4.48. The molecule has 1 aliphatic heterocycles. The van der Waals surface area contributed by atoms with E-state index in [0.29, 0.717) is 12.2 Å². The van der Waals surface area contributed by atoms with Gasteiger partial charge in [0.1, 0.15) is 5.60 Å². The highest BCUT2D eigenvalue weighted by Gasteiger charge is 2.34. The molecule has 1 fully saturated rings. The Hall–Kier alpha value is -2.02. The van der Waals surface area contributed by atoms with E-state index in [2.05, 4.69) is 22.1 Å². The molecule has 1 amide bonds. The minimum atomic E-state index is -0.538. The molecule has 5 N–H and O–H groups in total. The molecular weight excluding hydrogens is 294 g/mol. The van der Waals surface area contributed by atoms with E-state index in [-0.39, 0.29) is 18.0 Å². The lowest BCUT2D eigenvalue weighted by molar-refractivity contribution is 0.0487. The number of aromatic nitrogens is 1. The van der Waals surface area contributed by atoms with Gasteiger partial charge in [-0.25, -0.2) is 4.79 Å². The number of carbonyl (C=O) groups excluding carboxylic acids is 1. The molecule has 0 aromatic carbocycles. The largest absolute Gasteiger partial charge is 0.444 e. The Bertz CT molecular complexity index is 558. The Morgan fingerprint density at radius 3 is 2.74 bits per heavy atom. The van der Waals surface area contributed by atoms with Gasteiger partial charge in [-0.3, -0.25) is 4.98 Å². The third-order valence-corrected chi connectivity index (χ3v) is 3.92. The lowest BCUT2D eigenvalue weighted by Crippen LogP contribution is -2.62. The van der Waals surface area contributed by atoms with Crippen molar-refractivity contribution in [3.05, 3.63) is 18.5 Å². The minimum absolute atomic E-state index is 0.137. The molecule has 3 unspecified atom stereocenters. The van der Waals surface area contributed by atoms with Gasteiger partial charge in [0.2, 0.25) is 0 Å². The zero-order chi connectivity index (χ0) is 17.2. The SMILES string of the molecule is CC1CN(c2ccncc2N)CC(NC(=O)OC(C)(C)C)C1N. The number of nitrogens with one attached hydrogen (secondary N) is 1. The molecule has 0 bridgehead atoms. The van der Waals surface area contributed by atoms with Gasteiger partial charge in [-0.05, 0) is 32.8 Å². The topological polar surface area (TPSA) is 106 Å². The number of carbonyl (C=O) groups is 1. The van der Waals surface area contributed by atoms with E-state index < -0.39 is 11.7 Å². The number of hydrogen-bond donors (Lipinski definition) is 3. The summed E-state index contributed by atoms with van der Waals surface area (Å²) in [6.07, 6.45) is 2.89. The molecule has 1 saturated heterocycles. The fraction of sp³-hybridized carbons (Fsp3) is 0.625. The molecule has 0 saturated carbocycles. The molecule has 2 heterocycles. The molecule has 7 heteroatoms. The Morgan fingerprint density at radius 1 is 1.43 bits per heavy atom. The van der Waals surface area contributed by atoms with Gasteiger partial charge in [0.15, 0.2) is 0 Å². The van der Waals surface area contributed by atoms with Crippen LogP contribution in [0.25, 0.3) is 0 Å². The van der Waals surface area contributed by atoms with Gasteiger partial charge in [-0.2, -0.15) is 0 Å². The number of pyridine rings is 1. The van der Waals surface area contributed by atoms with E-state index in [0.717, 1.165) is 12.2 Å². The summed E-state index contributed by atoms with van der Waals surface area (Å²) in [4.78, 5) is 18.2. The maximum absolute atomic E-state index is 12.0. The molecule has 0 radical (unpaired) electrons. The second-order valence-corrected chi connectivity index (χ2v) is 7.15. The average Bonchev–Trinajstić information content (AvgIpc) is 2.42. The molecule has 3 atom stereocenters. The summed E-state index contributed by atoms with van der Waals surface area (Å²) < 4.78 is 5.33. The molecule has 2 rings (SSSR count). The number of hydrogen-bond acceptors (Lipinski definition) is 6. The average molecular weight is 321 g/mol. The van der Waals surface area contributed by atoms with Crippen LogP contribution in [0.15, 0.2) is 18.5 Å². The number of amides is 1. The van der Waals surface area contributed by atoms with Gasteiger partial charge in [0.05, 0.1) is 23.6 Å². The van der Waals surface area contributed by atoms with E-state index in [4.69, 9.17) is 16.2 Å². The van der Waals surface area contributed by atoms with Crippen molar-refractivity contribution in [1.29, 1.82) is 0 Å². The lowest BCUT2D eigenvalue weighted by Gasteiger charge is -2.42. The van der Waals surface area contributed by atoms with Crippen LogP contribution in [0.2, 0.25) is 0 Å². The van der Waals surface area contributed by atoms with Crippen molar-refractivity contribution in [1.82, 2.24) is 10.3 Å². The zero-order valence-corrected chi connectivity index (χ0v) is 14.2. The summed E-state index contributed by atoms with van der Waals surface area (Å²) in [5, 5.41) is 2.89. The number of piperidine rings is 1. The maximum Gasteiger partial charge on any atom is 0.407 e. The van der Waals surface area contributed by atoms with Gasteiger partial charge in [-0.1, -0.05) is 6.92 Å². The molecule has 128 valence electrons. The predicted octanol–water partition coefficient (Wildman–Crippen LogP) is 1.34. The van der Waals surface area contributed by atoms with Crippen molar-refractivity contribution < 1.29 is 9.53 Å². The fourth-order valence-electron chi connectivity index (χ4n) is 2.78. The zero-order valence-electron chi connectivity index (χ0n) is 14.2. The van der Waals surface area contributed by atoms with E-state index in [9.17, 15) is 4.79 Å². The van der Waals surface area contributed by atoms with Gasteiger partial charge in [-0.15, -0.1) is 0 Å². The second kappa shape index (κ2) is 6.62. The fourth-order valence-corrected chi connectivity index (χ4v) is 2.78. The number of anilines is 2. The van der Waals surface area contributed by atoms with Crippen molar-refractivity contribution in [2.75, 3.05) is 23.7 Å². The van der Waals surface area contributed by atoms with Crippen LogP contribution in [0.5, 0.6) is 0 Å². The quantitative estimate of drug-likeness (QED) is 0.759. The van der Waals surface area contributed by atoms with E-state index in [1.165, 1.54) is 0 Å². The van der Waals surface area contributed by atoms with Crippen molar-refractivity contribution in [3.8, 4) is 0 Å². The minimum Gasteiger partial charge on any atom is -0.444 e. The first-order valence-corrected chi connectivity index (χ1v) is 7.87. The maximum atomic E-state index is 12.0. The van der Waals surface area contributed by atoms with Crippen LogP contribution in [0.3, 0.4) is 0 Å². The third-order valence-electron chi connectivity index (χ3n) is 3.92. The highest BCUT2D eigenvalue weighted by Crippen LogP contribution is 2.27. The van der Waals surface area contributed by atoms with Crippen LogP contribution in [0, 0.1) is 5.92 Å². The molecule has 1 aromatic heterocycles. The number of rotatable bonds is 2. The monoisotopic (exact) mass is 321 g/mol. The molecule has 23 heavy (non-hydrogen) atoms. The van der Waals surface area contributed by atoms with Crippen LogP contribution in [0.4, 0.5) is 16.2 Å². The number of ether oxygens (including phenoxy) is 1. The van der Waals surface area contributed by atoms with Crippen molar-refractivity contribution >= 4 is 17.5 Å². The molecule has 0 spiro atoms. The Balaban J connectivity index is 2.10. The van der Waals surface area contributed by atoms with Gasteiger partial charge < -0.3 is 26.4 Å². The first-order valence-electron chi connectivity index (χ1n) is 7.87. The molecule has 0 aliphatic carbocycles. The lowest BCUT2D eigenvalue weighted by atomic mass is 9.90. The number of alkyl carbamates (subject to hydrolysis) is 1. The van der Waals surface area contributed by atoms with Gasteiger partial charge in [0, 0.05) is 25.3 Å². The second-order valence-electron chi connectivity index (χ2n) is 7.15. The van der Waals surface area contributed by atoms with Crippen molar-refractivity contribution in [2.45, 2.75) is 45.4 Å². The van der Waals surface area contributed by atoms with E-state index in [1.807, 2.05) is 26.8 Å².